The molecule has 0 unspecified atom stereocenters. The van der Waals surface area contributed by atoms with Gasteiger partial charge in [-0.1, -0.05) is 28.1 Å². The molecule has 1 heterocycles. The molecule has 0 spiro atoms. The van der Waals surface area contributed by atoms with Gasteiger partial charge in [-0.2, -0.15) is 0 Å². The van der Waals surface area contributed by atoms with Crippen molar-refractivity contribution in [2.75, 3.05) is 28.3 Å². The third kappa shape index (κ3) is 7.15. The number of benzene rings is 1. The zero-order valence-corrected chi connectivity index (χ0v) is 15.7. The van der Waals surface area contributed by atoms with Crippen molar-refractivity contribution in [2.24, 2.45) is 0 Å². The Hall–Kier alpha value is -2.06. The lowest BCUT2D eigenvalue weighted by molar-refractivity contribution is -0.342. The molecule has 0 aliphatic heterocycles. The van der Waals surface area contributed by atoms with Crippen LogP contribution in [0.3, 0.4) is 0 Å². The van der Waals surface area contributed by atoms with Crippen LogP contribution in [0.2, 0.25) is 0 Å². The molecular formula is C16H19BrClFN4O2. The van der Waals surface area contributed by atoms with Crippen LogP contribution in [0.25, 0.3) is 0 Å². The number of nitrogen functional groups attached to an aromatic ring is 1. The first kappa shape index (κ1) is 21.0. The number of amides is 1. The minimum atomic E-state index is -0.553. The van der Waals surface area contributed by atoms with Crippen molar-refractivity contribution in [3.8, 4) is 0 Å². The number of carbonyl (C=O) groups excluding carboxylic acids is 1. The summed E-state index contributed by atoms with van der Waals surface area (Å²) >= 11 is 3.26. The summed E-state index contributed by atoms with van der Waals surface area (Å²) in [6, 6.07) is 9.63. The van der Waals surface area contributed by atoms with Gasteiger partial charge in [-0.05, 0) is 30.2 Å². The molecule has 2 rings (SSSR count). The summed E-state index contributed by atoms with van der Waals surface area (Å²) in [6.07, 6.45) is 0.185. The average molecular weight is 434 g/mol. The smallest absolute Gasteiger partial charge is 0.411 e. The van der Waals surface area contributed by atoms with Gasteiger partial charge < -0.3 is 28.2 Å². The number of aromatic nitrogens is 1. The largest absolute Gasteiger partial charge is 1.00 e. The number of carbonyl (C=O) groups is 1. The van der Waals surface area contributed by atoms with Gasteiger partial charge in [0.05, 0.1) is 13.2 Å². The van der Waals surface area contributed by atoms with E-state index in [1.54, 1.807) is 24.3 Å². The van der Waals surface area contributed by atoms with Crippen LogP contribution in [-0.2, 0) is 11.3 Å². The quantitative estimate of drug-likeness (QED) is 0.429. The molecule has 1 aromatic carbocycles. The number of anilines is 3. The number of halogens is 3. The van der Waals surface area contributed by atoms with Gasteiger partial charge in [-0.25, -0.2) is 14.2 Å². The van der Waals surface area contributed by atoms with E-state index < -0.39 is 6.09 Å². The molecular weight excluding hydrogens is 415 g/mol. The number of nitrogens with two attached hydrogens (primary N) is 1. The number of H-pyrrole nitrogens is 1. The zero-order valence-electron chi connectivity index (χ0n) is 13.3. The van der Waals surface area contributed by atoms with Crippen LogP contribution in [0.15, 0.2) is 36.4 Å². The van der Waals surface area contributed by atoms with Gasteiger partial charge in [-0.15, -0.1) is 0 Å². The van der Waals surface area contributed by atoms with Gasteiger partial charge >= 0.3 is 6.09 Å². The summed E-state index contributed by atoms with van der Waals surface area (Å²) in [5, 5.41) is 6.48. The number of alkyl halides is 1. The Morgan fingerprint density at radius 2 is 1.96 bits per heavy atom. The molecule has 6 nitrogen and oxygen atoms in total. The molecule has 1 aromatic heterocycles. The Bertz CT molecular complexity index is 688. The van der Waals surface area contributed by atoms with Crippen molar-refractivity contribution in [1.82, 2.24) is 0 Å². The van der Waals surface area contributed by atoms with E-state index in [0.717, 1.165) is 17.3 Å². The summed E-state index contributed by atoms with van der Waals surface area (Å²) < 4.78 is 17.9. The predicted octanol–water partition coefficient (Wildman–Crippen LogP) is 0.172. The fourth-order valence-electron chi connectivity index (χ4n) is 1.89. The molecule has 5 N–H and O–H groups in total. The summed E-state index contributed by atoms with van der Waals surface area (Å²) in [6.45, 7) is 0.843. The monoisotopic (exact) mass is 432 g/mol. The highest BCUT2D eigenvalue weighted by molar-refractivity contribution is 9.09. The molecule has 1 amide bonds. The Labute approximate surface area is 159 Å². The highest BCUT2D eigenvalue weighted by atomic mass is 79.9. The van der Waals surface area contributed by atoms with Crippen LogP contribution in [0.1, 0.15) is 12.0 Å². The third-order valence-corrected chi connectivity index (χ3v) is 3.68. The van der Waals surface area contributed by atoms with Crippen LogP contribution in [0, 0.1) is 5.82 Å². The lowest BCUT2D eigenvalue weighted by Gasteiger charge is -2.08. The van der Waals surface area contributed by atoms with Gasteiger partial charge in [0.15, 0.2) is 0 Å². The number of hydrogen-bond acceptors (Lipinski definition) is 4. The van der Waals surface area contributed by atoms with E-state index in [0.29, 0.717) is 30.5 Å². The number of ether oxygens (including phenoxy) is 1. The zero-order chi connectivity index (χ0) is 17.4. The molecule has 2 aromatic rings. The van der Waals surface area contributed by atoms with Crippen LogP contribution >= 0.6 is 15.9 Å². The molecule has 0 aliphatic rings. The molecule has 25 heavy (non-hydrogen) atoms. The van der Waals surface area contributed by atoms with Crippen LogP contribution in [0.4, 0.5) is 26.5 Å². The van der Waals surface area contributed by atoms with Gasteiger partial charge in [0.2, 0.25) is 11.6 Å². The molecule has 0 saturated heterocycles. The summed E-state index contributed by atoms with van der Waals surface area (Å²) in [7, 11) is 0. The highest BCUT2D eigenvalue weighted by Crippen LogP contribution is 2.15. The minimum Gasteiger partial charge on any atom is -1.00 e. The molecule has 0 atom stereocenters. The van der Waals surface area contributed by atoms with Gasteiger partial charge in [0, 0.05) is 11.4 Å². The first-order valence-corrected chi connectivity index (χ1v) is 8.50. The second-order valence-electron chi connectivity index (χ2n) is 4.98. The lowest BCUT2D eigenvalue weighted by Crippen LogP contribution is -3.00. The van der Waals surface area contributed by atoms with E-state index in [1.807, 2.05) is 0 Å². The maximum absolute atomic E-state index is 12.9. The van der Waals surface area contributed by atoms with E-state index in [-0.39, 0.29) is 18.2 Å². The summed E-state index contributed by atoms with van der Waals surface area (Å²) in [5.74, 6) is 0.708. The fourth-order valence-corrected chi connectivity index (χ4v) is 2.12. The third-order valence-electron chi connectivity index (χ3n) is 3.12. The normalized spacial score (nSPS) is 9.84. The van der Waals surface area contributed by atoms with Gasteiger partial charge in [0.1, 0.15) is 11.5 Å². The SMILES string of the molecule is Nc1[nH+]c(NCc2ccc(F)cc2)ccc1NC(=O)OCCCBr.[Cl-]. The minimum absolute atomic E-state index is 0. The Morgan fingerprint density at radius 3 is 2.60 bits per heavy atom. The Kier molecular flexibility index (Phi) is 9.01. The summed E-state index contributed by atoms with van der Waals surface area (Å²) in [4.78, 5) is 14.5. The number of nitrogens with one attached hydrogen (secondary N) is 3. The van der Waals surface area contributed by atoms with Crippen molar-refractivity contribution < 1.29 is 31.3 Å². The maximum Gasteiger partial charge on any atom is 0.411 e. The van der Waals surface area contributed by atoms with E-state index in [9.17, 15) is 9.18 Å². The Balaban J connectivity index is 0.00000312. The first-order chi connectivity index (χ1) is 11.6. The van der Waals surface area contributed by atoms with Crippen LogP contribution in [-0.4, -0.2) is 18.0 Å². The van der Waals surface area contributed by atoms with Crippen LogP contribution in [0.5, 0.6) is 0 Å². The van der Waals surface area contributed by atoms with E-state index in [1.165, 1.54) is 12.1 Å². The molecule has 0 bridgehead atoms. The standard InChI is InChI=1S/C16H18BrFN4O2.ClH/c17-8-1-9-24-16(23)21-13-6-7-14(22-15(13)19)20-10-11-2-4-12(18)5-3-11;/h2-7H,1,8-10H2,(H,21,23)(H3,19,20,22);1H. The van der Waals surface area contributed by atoms with Crippen molar-refractivity contribution in [3.05, 3.63) is 47.8 Å². The van der Waals surface area contributed by atoms with E-state index in [2.05, 4.69) is 31.5 Å². The molecule has 0 fully saturated rings. The van der Waals surface area contributed by atoms with Gasteiger partial charge in [-0.3, -0.25) is 5.32 Å². The number of aromatic amines is 1. The van der Waals surface area contributed by atoms with Crippen molar-refractivity contribution in [1.29, 1.82) is 0 Å². The molecule has 0 aliphatic carbocycles. The average Bonchev–Trinajstić information content (AvgIpc) is 2.57. The number of hydrogen-bond donors (Lipinski definition) is 3. The molecule has 0 saturated carbocycles. The molecule has 9 heteroatoms. The van der Waals surface area contributed by atoms with Crippen molar-refractivity contribution >= 4 is 39.3 Å². The predicted molar refractivity (Wildman–Crippen MR) is 94.5 cm³/mol. The fraction of sp³-hybridized carbons (Fsp3) is 0.250. The maximum atomic E-state index is 12.9. The van der Waals surface area contributed by atoms with Crippen molar-refractivity contribution in [3.63, 3.8) is 0 Å². The molecule has 0 radical (unpaired) electrons. The lowest BCUT2D eigenvalue weighted by atomic mass is 10.2. The van der Waals surface area contributed by atoms with E-state index in [4.69, 9.17) is 10.5 Å². The van der Waals surface area contributed by atoms with Crippen molar-refractivity contribution in [2.45, 2.75) is 13.0 Å². The number of pyridine rings is 1. The second-order valence-corrected chi connectivity index (χ2v) is 5.78. The second kappa shape index (κ2) is 10.7. The van der Waals surface area contributed by atoms with Gasteiger partial charge in [0.25, 0.3) is 0 Å². The topological polar surface area (TPSA) is 90.5 Å². The van der Waals surface area contributed by atoms with Crippen LogP contribution < -0.4 is 33.8 Å². The van der Waals surface area contributed by atoms with E-state index >= 15 is 0 Å². The Morgan fingerprint density at radius 1 is 1.24 bits per heavy atom. The summed E-state index contributed by atoms with van der Waals surface area (Å²) in [5.41, 5.74) is 7.26. The highest BCUT2D eigenvalue weighted by Gasteiger charge is 2.11. The molecule has 136 valence electrons. The first-order valence-electron chi connectivity index (χ1n) is 7.38. The number of rotatable bonds is 7.